The number of fused-ring (bicyclic) bond motifs is 1. The van der Waals surface area contributed by atoms with E-state index in [4.69, 9.17) is 21.1 Å². The van der Waals surface area contributed by atoms with Crippen molar-refractivity contribution < 1.29 is 18.7 Å². The molecule has 38 heavy (non-hydrogen) atoms. The van der Waals surface area contributed by atoms with Crippen LogP contribution in [0.25, 0.3) is 0 Å². The summed E-state index contributed by atoms with van der Waals surface area (Å²) in [6.07, 6.45) is 5.64. The number of benzene rings is 1. The van der Waals surface area contributed by atoms with Gasteiger partial charge in [-0.3, -0.25) is 14.5 Å². The minimum Gasteiger partial charge on any atom is -0.448 e. The van der Waals surface area contributed by atoms with Crippen LogP contribution in [0.2, 0.25) is 5.02 Å². The van der Waals surface area contributed by atoms with Crippen molar-refractivity contribution in [2.24, 2.45) is 5.92 Å². The first-order chi connectivity index (χ1) is 17.9. The number of alkyl halides is 1. The molecule has 2 N–H and O–H groups in total. The van der Waals surface area contributed by atoms with Crippen LogP contribution in [0, 0.1) is 19.8 Å². The van der Waals surface area contributed by atoms with Crippen molar-refractivity contribution in [1.82, 2.24) is 15.2 Å². The first-order valence-electron chi connectivity index (χ1n) is 13.1. The lowest BCUT2D eigenvalue weighted by Gasteiger charge is -2.49. The zero-order chi connectivity index (χ0) is 27.4. The zero-order valence-corrected chi connectivity index (χ0v) is 24.1. The molecular formula is C28H35ClFN3O4S. The van der Waals surface area contributed by atoms with E-state index >= 15 is 0 Å². The van der Waals surface area contributed by atoms with Gasteiger partial charge in [0, 0.05) is 65.8 Å². The third-order valence-corrected chi connectivity index (χ3v) is 9.27. The van der Waals surface area contributed by atoms with E-state index in [2.05, 4.69) is 15.2 Å². The molecule has 206 valence electrons. The molecule has 5 rings (SSSR count). The van der Waals surface area contributed by atoms with Crippen molar-refractivity contribution in [3.63, 3.8) is 0 Å². The third kappa shape index (κ3) is 5.05. The van der Waals surface area contributed by atoms with Gasteiger partial charge >= 0.3 is 0 Å². The van der Waals surface area contributed by atoms with E-state index in [-0.39, 0.29) is 23.9 Å². The van der Waals surface area contributed by atoms with Gasteiger partial charge in [0.05, 0.1) is 5.02 Å². The second-order valence-corrected chi connectivity index (χ2v) is 12.5. The fourth-order valence-electron chi connectivity index (χ4n) is 6.07. The number of thioether (sulfide) groups is 1. The lowest BCUT2D eigenvalue weighted by atomic mass is 9.79. The summed E-state index contributed by atoms with van der Waals surface area (Å²) < 4.78 is 26.7. The lowest BCUT2D eigenvalue weighted by Crippen LogP contribution is -2.61. The van der Waals surface area contributed by atoms with E-state index < -0.39 is 11.5 Å². The molecule has 7 nitrogen and oxygen atoms in total. The Morgan fingerprint density at radius 1 is 1.18 bits per heavy atom. The minimum atomic E-state index is -1.06. The molecule has 10 heteroatoms. The first kappa shape index (κ1) is 27.3. The maximum absolute atomic E-state index is 14.0. The molecule has 3 aliphatic rings. The number of amides is 1. The minimum absolute atomic E-state index is 0.0929. The SMILES string of the molecule is CSc1cc(C)[nH]c(=O)c1CNC(=O)c1cc(Cl)c2c(c1C)OC(C)(C1CCC(N3CC(C)(F)C3)CC1)O2. The van der Waals surface area contributed by atoms with Gasteiger partial charge in [0.1, 0.15) is 5.67 Å². The first-order valence-corrected chi connectivity index (χ1v) is 14.7. The Labute approximate surface area is 231 Å². The highest BCUT2D eigenvalue weighted by Crippen LogP contribution is 2.52. The van der Waals surface area contributed by atoms with Gasteiger partial charge in [0.2, 0.25) is 0 Å². The average molecular weight is 564 g/mol. The van der Waals surface area contributed by atoms with Gasteiger partial charge in [-0.05, 0) is 64.8 Å². The largest absolute Gasteiger partial charge is 0.448 e. The highest BCUT2D eigenvalue weighted by molar-refractivity contribution is 7.98. The van der Waals surface area contributed by atoms with E-state index in [0.717, 1.165) is 36.3 Å². The van der Waals surface area contributed by atoms with Crippen molar-refractivity contribution in [2.45, 2.75) is 82.3 Å². The Kier molecular flexibility index (Phi) is 7.24. The molecule has 1 amide bonds. The van der Waals surface area contributed by atoms with Gasteiger partial charge in [-0.25, -0.2) is 4.39 Å². The van der Waals surface area contributed by atoms with Crippen LogP contribution in [-0.2, 0) is 6.54 Å². The molecule has 2 fully saturated rings. The fourth-order valence-corrected chi connectivity index (χ4v) is 7.01. The summed E-state index contributed by atoms with van der Waals surface area (Å²) in [6.45, 7) is 8.36. The third-order valence-electron chi connectivity index (χ3n) is 8.19. The standard InChI is InChI=1S/C28H35ClFN3O4S/c1-15-10-22(38-5)20(26(35)32-15)12-31-25(34)19-11-21(29)24-23(16(19)2)36-28(4,37-24)17-6-8-18(9-7-17)33-13-27(3,30)14-33/h10-11,17-18H,6-9,12-14H2,1-5H3,(H,31,34)(H,32,35). The van der Waals surface area contributed by atoms with E-state index in [1.54, 1.807) is 13.0 Å². The number of H-pyrrole nitrogens is 1. The molecule has 1 atom stereocenters. The van der Waals surface area contributed by atoms with Crippen molar-refractivity contribution in [2.75, 3.05) is 19.3 Å². The molecule has 1 aliphatic carbocycles. The molecule has 1 saturated carbocycles. The molecule has 3 heterocycles. The molecule has 1 aromatic carbocycles. The number of nitrogens with one attached hydrogen (secondary N) is 2. The number of halogens is 2. The molecule has 0 spiro atoms. The van der Waals surface area contributed by atoms with Gasteiger partial charge in [0.15, 0.2) is 11.5 Å². The van der Waals surface area contributed by atoms with Crippen molar-refractivity contribution >= 4 is 29.3 Å². The van der Waals surface area contributed by atoms with E-state index in [1.807, 2.05) is 33.1 Å². The maximum Gasteiger partial charge on any atom is 0.254 e. The Morgan fingerprint density at radius 3 is 2.47 bits per heavy atom. The topological polar surface area (TPSA) is 83.7 Å². The number of likely N-dealkylation sites (tertiary alicyclic amines) is 1. The van der Waals surface area contributed by atoms with Crippen LogP contribution in [0.15, 0.2) is 21.8 Å². The maximum atomic E-state index is 14.0. The molecule has 1 unspecified atom stereocenters. The fraction of sp³-hybridized carbons (Fsp3) is 0.571. The van der Waals surface area contributed by atoms with Crippen molar-refractivity contribution in [1.29, 1.82) is 0 Å². The number of carbonyl (C=O) groups excluding carboxylic acids is 1. The molecule has 0 radical (unpaired) electrons. The van der Waals surface area contributed by atoms with Crippen LogP contribution < -0.4 is 20.3 Å². The Bertz CT molecular complexity index is 1320. The predicted molar refractivity (Wildman–Crippen MR) is 147 cm³/mol. The van der Waals surface area contributed by atoms with E-state index in [0.29, 0.717) is 52.3 Å². The van der Waals surface area contributed by atoms with Gasteiger partial charge in [-0.1, -0.05) is 11.6 Å². The van der Waals surface area contributed by atoms with Crippen LogP contribution in [-0.4, -0.2) is 52.6 Å². The number of ether oxygens (including phenoxy) is 2. The van der Waals surface area contributed by atoms with Crippen LogP contribution in [0.4, 0.5) is 4.39 Å². The summed E-state index contributed by atoms with van der Waals surface area (Å²) in [7, 11) is 0. The van der Waals surface area contributed by atoms with Gasteiger partial charge in [0.25, 0.3) is 17.3 Å². The van der Waals surface area contributed by atoms with E-state index in [9.17, 15) is 14.0 Å². The monoisotopic (exact) mass is 563 g/mol. The summed E-state index contributed by atoms with van der Waals surface area (Å²) >= 11 is 8.06. The predicted octanol–water partition coefficient (Wildman–Crippen LogP) is 5.39. The lowest BCUT2D eigenvalue weighted by molar-refractivity contribution is -0.130. The Balaban J connectivity index is 1.28. The van der Waals surface area contributed by atoms with Crippen molar-refractivity contribution in [3.05, 3.63) is 49.9 Å². The number of nitrogens with zero attached hydrogens (tertiary/aromatic N) is 1. The number of rotatable bonds is 6. The number of aromatic amines is 1. The molecule has 2 aromatic rings. The average Bonchev–Trinajstić information content (AvgIpc) is 3.23. The highest BCUT2D eigenvalue weighted by Gasteiger charge is 2.49. The Hall–Kier alpha value is -2.23. The molecular weight excluding hydrogens is 529 g/mol. The van der Waals surface area contributed by atoms with Gasteiger partial charge < -0.3 is 19.8 Å². The summed E-state index contributed by atoms with van der Waals surface area (Å²) in [4.78, 5) is 31.5. The van der Waals surface area contributed by atoms with Crippen LogP contribution in [0.5, 0.6) is 11.5 Å². The number of hydrogen-bond donors (Lipinski definition) is 2. The Morgan fingerprint density at radius 2 is 1.84 bits per heavy atom. The van der Waals surface area contributed by atoms with E-state index in [1.165, 1.54) is 11.8 Å². The number of aryl methyl sites for hydroxylation is 1. The second-order valence-electron chi connectivity index (χ2n) is 11.2. The van der Waals surface area contributed by atoms with Gasteiger partial charge in [-0.15, -0.1) is 11.8 Å². The molecule has 1 aromatic heterocycles. The number of hydrogen-bond acceptors (Lipinski definition) is 6. The van der Waals surface area contributed by atoms with Crippen LogP contribution in [0.1, 0.15) is 66.7 Å². The van der Waals surface area contributed by atoms with Crippen LogP contribution >= 0.6 is 23.4 Å². The molecule has 2 aliphatic heterocycles. The summed E-state index contributed by atoms with van der Waals surface area (Å²) in [5.41, 5.74) is 1.03. The second kappa shape index (κ2) is 10.1. The summed E-state index contributed by atoms with van der Waals surface area (Å²) in [6, 6.07) is 3.89. The number of aromatic nitrogens is 1. The summed E-state index contributed by atoms with van der Waals surface area (Å²) in [5.74, 6) is -0.133. The zero-order valence-electron chi connectivity index (χ0n) is 22.5. The van der Waals surface area contributed by atoms with Crippen LogP contribution in [0.3, 0.4) is 0 Å². The quantitative estimate of drug-likeness (QED) is 0.459. The number of carbonyl (C=O) groups is 1. The van der Waals surface area contributed by atoms with Gasteiger partial charge in [-0.2, -0.15) is 0 Å². The normalized spacial score (nSPS) is 26.2. The number of pyridine rings is 1. The highest BCUT2D eigenvalue weighted by atomic mass is 35.5. The smallest absolute Gasteiger partial charge is 0.254 e. The van der Waals surface area contributed by atoms with Crippen molar-refractivity contribution in [3.8, 4) is 11.5 Å². The molecule has 0 bridgehead atoms. The molecule has 1 saturated heterocycles. The summed E-state index contributed by atoms with van der Waals surface area (Å²) in [5, 5.41) is 3.18.